The summed E-state index contributed by atoms with van der Waals surface area (Å²) in [5.74, 6) is 1.63. The number of hydrogen-bond donors (Lipinski definition) is 1. The zero-order valence-corrected chi connectivity index (χ0v) is 12.7. The number of fused-ring (bicyclic) bond motifs is 1. The molecule has 3 aromatic heterocycles. The van der Waals surface area contributed by atoms with Crippen molar-refractivity contribution in [3.8, 4) is 0 Å². The number of morpholine rings is 1. The fourth-order valence-corrected chi connectivity index (χ4v) is 2.50. The van der Waals surface area contributed by atoms with Gasteiger partial charge in [0.25, 0.3) is 0 Å². The second-order valence-corrected chi connectivity index (χ2v) is 5.27. The van der Waals surface area contributed by atoms with E-state index in [1.54, 1.807) is 6.07 Å². The van der Waals surface area contributed by atoms with Crippen LogP contribution in [0.2, 0.25) is 0 Å². The molecule has 1 N–H and O–H groups in total. The number of nitrogens with zero attached hydrogens (tertiary/aromatic N) is 7. The van der Waals surface area contributed by atoms with Crippen LogP contribution in [-0.4, -0.2) is 56.5 Å². The first-order valence-corrected chi connectivity index (χ1v) is 7.42. The average Bonchev–Trinajstić information content (AvgIpc) is 3.05. The molecule has 4 rings (SSSR count). The molecule has 0 bridgehead atoms. The number of pyridine rings is 1. The highest BCUT2D eigenvalue weighted by molar-refractivity contribution is 5.61. The summed E-state index contributed by atoms with van der Waals surface area (Å²) in [6.07, 6.45) is 0. The monoisotopic (exact) mass is 312 g/mol. The number of tetrazole rings is 1. The lowest BCUT2D eigenvalue weighted by Gasteiger charge is -2.28. The number of rotatable bonds is 3. The smallest absolute Gasteiger partial charge is 0.200 e. The van der Waals surface area contributed by atoms with Crippen LogP contribution in [-0.2, 0) is 4.74 Å². The minimum atomic E-state index is 0.605. The predicted octanol–water partition coefficient (Wildman–Crippen LogP) is 0.803. The highest BCUT2D eigenvalue weighted by Crippen LogP contribution is 2.22. The van der Waals surface area contributed by atoms with Crippen LogP contribution in [0.25, 0.3) is 5.65 Å². The molecule has 23 heavy (non-hydrogen) atoms. The van der Waals surface area contributed by atoms with Crippen molar-refractivity contribution in [1.82, 2.24) is 30.2 Å². The third kappa shape index (κ3) is 2.78. The zero-order chi connectivity index (χ0) is 15.6. The summed E-state index contributed by atoms with van der Waals surface area (Å²) in [4.78, 5) is 6.91. The maximum atomic E-state index is 5.37. The number of anilines is 3. The number of hydrogen-bond acceptors (Lipinski definition) is 8. The van der Waals surface area contributed by atoms with Gasteiger partial charge in [-0.1, -0.05) is 0 Å². The van der Waals surface area contributed by atoms with Gasteiger partial charge >= 0.3 is 0 Å². The Labute approximate surface area is 132 Å². The molecule has 1 aliphatic heterocycles. The van der Waals surface area contributed by atoms with Gasteiger partial charge in [-0.3, -0.25) is 0 Å². The van der Waals surface area contributed by atoms with Crippen LogP contribution in [0.1, 0.15) is 5.69 Å². The molecule has 0 radical (unpaired) electrons. The first-order valence-electron chi connectivity index (χ1n) is 7.42. The highest BCUT2D eigenvalue weighted by Gasteiger charge is 2.13. The van der Waals surface area contributed by atoms with Crippen molar-refractivity contribution in [2.24, 2.45) is 0 Å². The number of ether oxygens (including phenoxy) is 1. The van der Waals surface area contributed by atoms with Gasteiger partial charge in [0.05, 0.1) is 24.6 Å². The lowest BCUT2D eigenvalue weighted by molar-refractivity contribution is 0.122. The van der Waals surface area contributed by atoms with Crippen molar-refractivity contribution in [1.29, 1.82) is 0 Å². The Balaban J connectivity index is 1.56. The second kappa shape index (κ2) is 5.76. The largest absolute Gasteiger partial charge is 0.378 e. The fraction of sp³-hybridized carbons (Fsp3) is 0.357. The van der Waals surface area contributed by atoms with Crippen molar-refractivity contribution >= 4 is 23.0 Å². The van der Waals surface area contributed by atoms with Crippen molar-refractivity contribution in [3.05, 3.63) is 30.0 Å². The predicted molar refractivity (Wildman–Crippen MR) is 83.9 cm³/mol. The Morgan fingerprint density at radius 1 is 1.13 bits per heavy atom. The summed E-state index contributed by atoms with van der Waals surface area (Å²) in [7, 11) is 0. The van der Waals surface area contributed by atoms with E-state index in [1.807, 2.05) is 25.1 Å². The summed E-state index contributed by atoms with van der Waals surface area (Å²) >= 11 is 0. The Kier molecular flexibility index (Phi) is 3.46. The molecular formula is C14H16N8O. The van der Waals surface area contributed by atoms with E-state index < -0.39 is 0 Å². The maximum Gasteiger partial charge on any atom is 0.200 e. The molecule has 4 heterocycles. The van der Waals surface area contributed by atoms with Gasteiger partial charge in [0.15, 0.2) is 11.5 Å². The van der Waals surface area contributed by atoms with Gasteiger partial charge in [-0.25, -0.2) is 4.98 Å². The molecule has 0 spiro atoms. The SMILES string of the molecule is Cc1nc(N2CCOCC2)ccc1Nc1ccc2nnnn2n1. The molecule has 1 fully saturated rings. The summed E-state index contributed by atoms with van der Waals surface area (Å²) in [5.41, 5.74) is 2.42. The summed E-state index contributed by atoms with van der Waals surface area (Å²) in [6.45, 7) is 5.21. The van der Waals surface area contributed by atoms with Crippen LogP contribution in [0.3, 0.4) is 0 Å². The third-order valence-corrected chi connectivity index (χ3v) is 3.74. The molecule has 1 saturated heterocycles. The van der Waals surface area contributed by atoms with E-state index in [2.05, 4.69) is 35.8 Å². The zero-order valence-electron chi connectivity index (χ0n) is 12.7. The third-order valence-electron chi connectivity index (χ3n) is 3.74. The maximum absolute atomic E-state index is 5.37. The van der Waals surface area contributed by atoms with Crippen LogP contribution in [0.15, 0.2) is 24.3 Å². The number of nitrogens with one attached hydrogen (secondary N) is 1. The van der Waals surface area contributed by atoms with Crippen LogP contribution in [0, 0.1) is 6.92 Å². The minimum Gasteiger partial charge on any atom is -0.378 e. The molecule has 0 aliphatic carbocycles. The average molecular weight is 312 g/mol. The van der Waals surface area contributed by atoms with Crippen molar-refractivity contribution in [3.63, 3.8) is 0 Å². The molecule has 0 aromatic carbocycles. The van der Waals surface area contributed by atoms with E-state index in [9.17, 15) is 0 Å². The van der Waals surface area contributed by atoms with Gasteiger partial charge in [0, 0.05) is 13.1 Å². The van der Waals surface area contributed by atoms with Crippen molar-refractivity contribution < 1.29 is 4.74 Å². The number of aromatic nitrogens is 6. The van der Waals surface area contributed by atoms with Gasteiger partial charge in [-0.2, -0.15) is 0 Å². The lowest BCUT2D eigenvalue weighted by atomic mass is 10.3. The number of aryl methyl sites for hydroxylation is 1. The molecule has 118 valence electrons. The van der Waals surface area contributed by atoms with Gasteiger partial charge in [0.2, 0.25) is 0 Å². The van der Waals surface area contributed by atoms with Crippen LogP contribution >= 0.6 is 0 Å². The first-order chi connectivity index (χ1) is 11.3. The van der Waals surface area contributed by atoms with Crippen LogP contribution < -0.4 is 10.2 Å². The van der Waals surface area contributed by atoms with E-state index in [0.29, 0.717) is 11.5 Å². The van der Waals surface area contributed by atoms with Gasteiger partial charge in [-0.05, 0) is 41.6 Å². The van der Waals surface area contributed by atoms with E-state index in [0.717, 1.165) is 43.5 Å². The van der Waals surface area contributed by atoms with E-state index in [-0.39, 0.29) is 0 Å². The molecule has 0 atom stereocenters. The second-order valence-electron chi connectivity index (χ2n) is 5.27. The molecular weight excluding hydrogens is 296 g/mol. The van der Waals surface area contributed by atoms with E-state index in [1.165, 1.54) is 4.63 Å². The molecule has 1 aliphatic rings. The Morgan fingerprint density at radius 3 is 2.83 bits per heavy atom. The van der Waals surface area contributed by atoms with Gasteiger partial charge in [-0.15, -0.1) is 14.8 Å². The van der Waals surface area contributed by atoms with E-state index >= 15 is 0 Å². The Morgan fingerprint density at radius 2 is 2.00 bits per heavy atom. The van der Waals surface area contributed by atoms with Gasteiger partial charge in [0.1, 0.15) is 5.82 Å². The Bertz CT molecular complexity index is 827. The van der Waals surface area contributed by atoms with Gasteiger partial charge < -0.3 is 15.0 Å². The summed E-state index contributed by atoms with van der Waals surface area (Å²) < 4.78 is 6.76. The summed E-state index contributed by atoms with van der Waals surface area (Å²) in [6, 6.07) is 7.66. The Hall–Kier alpha value is -2.81. The standard InChI is InChI=1S/C14H16N8O/c1-10-11(2-4-13(15-10)21-6-8-23-9-7-21)16-12-3-5-14-17-19-20-22(14)18-12/h2-5H,6-9H2,1H3,(H,16,18). The lowest BCUT2D eigenvalue weighted by Crippen LogP contribution is -2.36. The molecule has 3 aromatic rings. The first kappa shape index (κ1) is 13.8. The van der Waals surface area contributed by atoms with Crippen molar-refractivity contribution in [2.75, 3.05) is 36.5 Å². The van der Waals surface area contributed by atoms with Crippen molar-refractivity contribution in [2.45, 2.75) is 6.92 Å². The fourth-order valence-electron chi connectivity index (χ4n) is 2.50. The van der Waals surface area contributed by atoms with Crippen LogP contribution in [0.4, 0.5) is 17.3 Å². The topological polar surface area (TPSA) is 93.4 Å². The molecule has 9 nitrogen and oxygen atoms in total. The highest BCUT2D eigenvalue weighted by atomic mass is 16.5. The van der Waals surface area contributed by atoms with Crippen LogP contribution in [0.5, 0.6) is 0 Å². The molecule has 0 saturated carbocycles. The summed E-state index contributed by atoms with van der Waals surface area (Å²) in [5, 5.41) is 18.7. The molecule has 9 heteroatoms. The molecule has 0 unspecified atom stereocenters. The molecule has 0 amide bonds. The van der Waals surface area contributed by atoms with E-state index in [4.69, 9.17) is 4.74 Å². The normalized spacial score (nSPS) is 15.1. The quantitative estimate of drug-likeness (QED) is 0.759. The minimum absolute atomic E-state index is 0.605.